The fraction of sp³-hybridized carbons (Fsp3) is 0.211. The van der Waals surface area contributed by atoms with Crippen molar-refractivity contribution in [2.45, 2.75) is 12.8 Å². The van der Waals surface area contributed by atoms with Crippen molar-refractivity contribution in [3.8, 4) is 0 Å². The van der Waals surface area contributed by atoms with Crippen molar-refractivity contribution in [3.63, 3.8) is 0 Å². The van der Waals surface area contributed by atoms with E-state index in [4.69, 9.17) is 4.74 Å². The Morgan fingerprint density at radius 1 is 0.920 bits per heavy atom. The summed E-state index contributed by atoms with van der Waals surface area (Å²) in [5.74, 6) is -3.22. The number of methoxy groups -OCH3 is 1. The number of aliphatic carboxylic acids is 2. The normalized spacial score (nSPS) is 11.9. The Labute approximate surface area is 144 Å². The smallest absolute Gasteiger partial charge is 0.332 e. The molecule has 25 heavy (non-hydrogen) atoms. The number of carbonyl (C=O) groups is 3. The molecule has 2 rings (SSSR count). The maximum absolute atomic E-state index is 12.7. The molecule has 0 unspecified atom stereocenters. The number of carboxylic acids is 2. The van der Waals surface area contributed by atoms with Crippen LogP contribution in [0.4, 0.5) is 0 Å². The molecule has 2 aromatic carbocycles. The third-order valence-corrected chi connectivity index (χ3v) is 3.86. The molecule has 2 N–H and O–H groups in total. The van der Waals surface area contributed by atoms with E-state index in [1.54, 1.807) is 24.3 Å². The summed E-state index contributed by atoms with van der Waals surface area (Å²) in [6, 6.07) is 12.4. The van der Waals surface area contributed by atoms with Crippen LogP contribution in [0.25, 0.3) is 10.8 Å². The molecule has 0 saturated carbocycles. The van der Waals surface area contributed by atoms with Crippen molar-refractivity contribution in [1.29, 1.82) is 0 Å². The lowest BCUT2D eigenvalue weighted by Gasteiger charge is -2.10. The summed E-state index contributed by atoms with van der Waals surface area (Å²) < 4.78 is 4.82. The van der Waals surface area contributed by atoms with Crippen LogP contribution in [0.15, 0.2) is 53.6 Å². The van der Waals surface area contributed by atoms with Gasteiger partial charge in [-0.25, -0.2) is 9.59 Å². The highest BCUT2D eigenvalue weighted by molar-refractivity contribution is 6.12. The first-order valence-corrected chi connectivity index (χ1v) is 7.64. The van der Waals surface area contributed by atoms with E-state index in [0.717, 1.165) is 5.39 Å². The van der Waals surface area contributed by atoms with Gasteiger partial charge in [0, 0.05) is 25.5 Å². The standard InChI is InChI=1S/C19H18O6/c1-25-10-9-15(18(21)22)16(19(23)24)11-17(20)14-8-4-6-12-5-2-3-7-13(12)14/h2-8H,9-11H2,1H3,(H,21,22)(H,23,24)/b16-15+. The lowest BCUT2D eigenvalue weighted by Crippen LogP contribution is -2.16. The number of rotatable bonds is 8. The predicted octanol–water partition coefficient (Wildman–Crippen LogP) is 2.91. The van der Waals surface area contributed by atoms with E-state index < -0.39 is 29.7 Å². The zero-order valence-electron chi connectivity index (χ0n) is 13.7. The lowest BCUT2D eigenvalue weighted by molar-refractivity contribution is -0.136. The van der Waals surface area contributed by atoms with Crippen molar-refractivity contribution >= 4 is 28.5 Å². The minimum Gasteiger partial charge on any atom is -0.478 e. The average Bonchev–Trinajstić information content (AvgIpc) is 2.59. The summed E-state index contributed by atoms with van der Waals surface area (Å²) in [4.78, 5) is 35.6. The van der Waals surface area contributed by atoms with Crippen molar-refractivity contribution in [2.24, 2.45) is 0 Å². The third-order valence-electron chi connectivity index (χ3n) is 3.86. The molecule has 0 aromatic heterocycles. The molecule has 0 radical (unpaired) electrons. The molecule has 0 atom stereocenters. The van der Waals surface area contributed by atoms with Gasteiger partial charge in [-0.15, -0.1) is 0 Å². The molecule has 0 bridgehead atoms. The Balaban J connectivity index is 2.43. The molecular weight excluding hydrogens is 324 g/mol. The topological polar surface area (TPSA) is 101 Å². The van der Waals surface area contributed by atoms with Crippen LogP contribution in [-0.4, -0.2) is 41.7 Å². The lowest BCUT2D eigenvalue weighted by atomic mass is 9.94. The largest absolute Gasteiger partial charge is 0.478 e. The Morgan fingerprint density at radius 2 is 1.56 bits per heavy atom. The monoisotopic (exact) mass is 342 g/mol. The van der Waals surface area contributed by atoms with E-state index in [9.17, 15) is 24.6 Å². The fourth-order valence-corrected chi connectivity index (χ4v) is 2.63. The first-order chi connectivity index (χ1) is 12.0. The summed E-state index contributed by atoms with van der Waals surface area (Å²) in [5.41, 5.74) is -0.362. The first-order valence-electron chi connectivity index (χ1n) is 7.64. The van der Waals surface area contributed by atoms with Crippen LogP contribution in [0.3, 0.4) is 0 Å². The fourth-order valence-electron chi connectivity index (χ4n) is 2.63. The van der Waals surface area contributed by atoms with Gasteiger partial charge in [-0.2, -0.15) is 0 Å². The van der Waals surface area contributed by atoms with E-state index in [1.165, 1.54) is 7.11 Å². The molecule has 0 spiro atoms. The average molecular weight is 342 g/mol. The maximum Gasteiger partial charge on any atom is 0.332 e. The molecule has 2 aromatic rings. The zero-order valence-corrected chi connectivity index (χ0v) is 13.7. The van der Waals surface area contributed by atoms with Gasteiger partial charge in [-0.3, -0.25) is 4.79 Å². The Hall–Kier alpha value is -2.99. The van der Waals surface area contributed by atoms with Gasteiger partial charge in [0.25, 0.3) is 0 Å². The number of hydrogen-bond acceptors (Lipinski definition) is 4. The van der Waals surface area contributed by atoms with Gasteiger partial charge in [0.05, 0.1) is 17.8 Å². The Morgan fingerprint density at radius 3 is 2.20 bits per heavy atom. The number of ether oxygens (including phenoxy) is 1. The highest BCUT2D eigenvalue weighted by Crippen LogP contribution is 2.23. The van der Waals surface area contributed by atoms with Crippen molar-refractivity contribution in [3.05, 3.63) is 59.2 Å². The molecule has 6 nitrogen and oxygen atoms in total. The van der Waals surface area contributed by atoms with E-state index in [2.05, 4.69) is 0 Å². The van der Waals surface area contributed by atoms with Crippen LogP contribution in [-0.2, 0) is 14.3 Å². The summed E-state index contributed by atoms with van der Waals surface area (Å²) in [5, 5.41) is 20.2. The summed E-state index contributed by atoms with van der Waals surface area (Å²) in [6.07, 6.45) is -0.578. The van der Waals surface area contributed by atoms with Crippen LogP contribution in [0.5, 0.6) is 0 Å². The number of hydrogen-bond donors (Lipinski definition) is 2. The SMILES string of the molecule is COCC/C(C(=O)O)=C(/CC(=O)c1cccc2ccccc12)C(=O)O. The van der Waals surface area contributed by atoms with Gasteiger partial charge in [-0.1, -0.05) is 42.5 Å². The molecule has 0 saturated heterocycles. The molecule has 0 aliphatic heterocycles. The molecular formula is C19H18O6. The third kappa shape index (κ3) is 4.30. The molecule has 0 fully saturated rings. The summed E-state index contributed by atoms with van der Waals surface area (Å²) >= 11 is 0. The minimum atomic E-state index is -1.41. The molecule has 0 amide bonds. The van der Waals surface area contributed by atoms with Gasteiger partial charge in [0.15, 0.2) is 5.78 Å². The van der Waals surface area contributed by atoms with Crippen molar-refractivity contribution in [2.75, 3.05) is 13.7 Å². The number of fused-ring (bicyclic) bond motifs is 1. The maximum atomic E-state index is 12.7. The van der Waals surface area contributed by atoms with Crippen molar-refractivity contribution in [1.82, 2.24) is 0 Å². The minimum absolute atomic E-state index is 0.0564. The van der Waals surface area contributed by atoms with E-state index in [0.29, 0.717) is 10.9 Å². The highest BCUT2D eigenvalue weighted by atomic mass is 16.5. The second kappa shape index (κ2) is 8.21. The molecule has 130 valence electrons. The van der Waals surface area contributed by atoms with Crippen LogP contribution in [0.2, 0.25) is 0 Å². The van der Waals surface area contributed by atoms with Gasteiger partial charge >= 0.3 is 11.9 Å². The highest BCUT2D eigenvalue weighted by Gasteiger charge is 2.23. The number of carboxylic acid groups (broad SMARTS) is 2. The van der Waals surface area contributed by atoms with E-state index >= 15 is 0 Å². The zero-order chi connectivity index (χ0) is 18.4. The van der Waals surface area contributed by atoms with E-state index in [-0.39, 0.29) is 18.6 Å². The van der Waals surface area contributed by atoms with Gasteiger partial charge < -0.3 is 14.9 Å². The van der Waals surface area contributed by atoms with Crippen LogP contribution in [0, 0.1) is 0 Å². The van der Waals surface area contributed by atoms with Gasteiger partial charge in [0.1, 0.15) is 0 Å². The molecule has 0 aliphatic carbocycles. The first kappa shape index (κ1) is 18.4. The number of ketones is 1. The van der Waals surface area contributed by atoms with Crippen LogP contribution < -0.4 is 0 Å². The van der Waals surface area contributed by atoms with Crippen LogP contribution >= 0.6 is 0 Å². The molecule has 0 aliphatic rings. The Bertz CT molecular complexity index is 845. The van der Waals surface area contributed by atoms with Crippen LogP contribution in [0.1, 0.15) is 23.2 Å². The quantitative estimate of drug-likeness (QED) is 0.565. The predicted molar refractivity (Wildman–Crippen MR) is 91.7 cm³/mol. The van der Waals surface area contributed by atoms with Gasteiger partial charge in [-0.05, 0) is 10.8 Å². The number of carbonyl (C=O) groups excluding carboxylic acids is 1. The Kier molecular flexibility index (Phi) is 6.03. The second-order valence-corrected chi connectivity index (χ2v) is 5.44. The number of benzene rings is 2. The second-order valence-electron chi connectivity index (χ2n) is 5.44. The van der Waals surface area contributed by atoms with E-state index in [1.807, 2.05) is 18.2 Å². The number of Topliss-reactive ketones (excluding diaryl/α,β-unsaturated/α-hetero) is 1. The van der Waals surface area contributed by atoms with Crippen molar-refractivity contribution < 1.29 is 29.3 Å². The molecule has 0 heterocycles. The summed E-state index contributed by atoms with van der Waals surface area (Å²) in [6.45, 7) is 0.0564. The summed E-state index contributed by atoms with van der Waals surface area (Å²) in [7, 11) is 1.39. The van der Waals surface area contributed by atoms with Gasteiger partial charge in [0.2, 0.25) is 0 Å². The molecule has 6 heteroatoms.